The topological polar surface area (TPSA) is 171 Å². The van der Waals surface area contributed by atoms with Gasteiger partial charge in [-0.05, 0) is 66.3 Å². The van der Waals surface area contributed by atoms with Crippen molar-refractivity contribution in [2.75, 3.05) is 82.5 Å². The van der Waals surface area contributed by atoms with E-state index in [0.717, 1.165) is 66.2 Å². The lowest BCUT2D eigenvalue weighted by atomic mass is 9.62. The summed E-state index contributed by atoms with van der Waals surface area (Å²) < 4.78 is 12.9. The van der Waals surface area contributed by atoms with Gasteiger partial charge in [0.2, 0.25) is 5.72 Å². The number of rotatable bonds is 11. The molecule has 1 aliphatic carbocycles. The molecule has 1 spiro atoms. The molecule has 0 aromatic heterocycles. The van der Waals surface area contributed by atoms with E-state index in [0.29, 0.717) is 25.9 Å². The fourth-order valence-electron chi connectivity index (χ4n) is 11.0. The van der Waals surface area contributed by atoms with E-state index >= 15 is 0 Å². The monoisotopic (exact) mass is 849 g/mol. The SMILES string of the molecule is CN1c2ccc3ccccc3c2C(C)(C)C12C=Nc1c(cc(N3CCN(CCOC(=O)NCC4(C)CC(NC(=O)NC(CO)(CO)CO)CC(C)(C)C4)CC3)c3ccccc13)O2. The van der Waals surface area contributed by atoms with Gasteiger partial charge in [-0.15, -0.1) is 0 Å². The number of aliphatic hydroxyl groups excluding tert-OH is 3. The quantitative estimate of drug-likeness (QED) is 0.111. The van der Waals surface area contributed by atoms with Crippen LogP contribution in [0.4, 0.5) is 26.7 Å². The summed E-state index contributed by atoms with van der Waals surface area (Å²) in [6.07, 6.45) is 3.70. The highest BCUT2D eigenvalue weighted by molar-refractivity contribution is 6.07. The molecule has 3 heterocycles. The second-order valence-corrected chi connectivity index (χ2v) is 19.6. The van der Waals surface area contributed by atoms with Crippen molar-refractivity contribution >= 4 is 56.9 Å². The molecule has 3 aliphatic heterocycles. The number of anilines is 2. The largest absolute Gasteiger partial charge is 0.459 e. The van der Waals surface area contributed by atoms with Gasteiger partial charge in [-0.2, -0.15) is 0 Å². The van der Waals surface area contributed by atoms with E-state index in [1.807, 2.05) is 6.21 Å². The summed E-state index contributed by atoms with van der Waals surface area (Å²) in [6.45, 7) is 13.5. The maximum Gasteiger partial charge on any atom is 0.407 e. The van der Waals surface area contributed by atoms with Crippen LogP contribution in [-0.2, 0) is 10.2 Å². The lowest BCUT2D eigenvalue weighted by Crippen LogP contribution is -2.61. The van der Waals surface area contributed by atoms with E-state index in [4.69, 9.17) is 14.5 Å². The predicted octanol–water partition coefficient (Wildman–Crippen LogP) is 5.66. The molecule has 332 valence electrons. The number of fused-ring (bicyclic) bond motifs is 6. The van der Waals surface area contributed by atoms with Crippen molar-refractivity contribution in [1.29, 1.82) is 0 Å². The van der Waals surface area contributed by atoms with Crippen LogP contribution < -0.4 is 30.5 Å². The van der Waals surface area contributed by atoms with E-state index in [1.54, 1.807) is 0 Å². The number of carbonyl (C=O) groups is 2. The first kappa shape index (κ1) is 43.5. The van der Waals surface area contributed by atoms with Crippen molar-refractivity contribution in [3.63, 3.8) is 0 Å². The Kier molecular flexibility index (Phi) is 11.6. The minimum absolute atomic E-state index is 0.124. The number of hydrogen-bond donors (Lipinski definition) is 6. The van der Waals surface area contributed by atoms with Crippen molar-refractivity contribution in [3.05, 3.63) is 72.3 Å². The third-order valence-electron chi connectivity index (χ3n) is 14.0. The minimum atomic E-state index is -1.52. The molecule has 1 saturated heterocycles. The zero-order valence-electron chi connectivity index (χ0n) is 37.0. The highest BCUT2D eigenvalue weighted by Gasteiger charge is 2.59. The fourth-order valence-corrected chi connectivity index (χ4v) is 11.0. The molecule has 0 radical (unpaired) electrons. The van der Waals surface area contributed by atoms with Gasteiger partial charge in [-0.3, -0.25) is 9.89 Å². The number of carbonyl (C=O) groups excluding carboxylic acids is 2. The van der Waals surface area contributed by atoms with Crippen LogP contribution in [0.25, 0.3) is 21.5 Å². The highest BCUT2D eigenvalue weighted by atomic mass is 16.5. The molecule has 3 unspecified atom stereocenters. The summed E-state index contributed by atoms with van der Waals surface area (Å²) in [5.74, 6) is 0.771. The van der Waals surface area contributed by atoms with Crippen LogP contribution in [0.1, 0.15) is 59.4 Å². The maximum atomic E-state index is 13.0. The van der Waals surface area contributed by atoms with Crippen LogP contribution in [0, 0.1) is 10.8 Å². The van der Waals surface area contributed by atoms with Crippen LogP contribution in [0.15, 0.2) is 71.7 Å². The van der Waals surface area contributed by atoms with Gasteiger partial charge in [0, 0.05) is 80.6 Å². The Morgan fingerprint density at radius 1 is 0.871 bits per heavy atom. The Balaban J connectivity index is 0.869. The third-order valence-corrected chi connectivity index (χ3v) is 14.0. The van der Waals surface area contributed by atoms with Gasteiger partial charge in [0.05, 0.1) is 31.5 Å². The van der Waals surface area contributed by atoms with E-state index < -0.39 is 48.6 Å². The molecular formula is C48H63N7O7. The number of nitrogens with one attached hydrogen (secondary N) is 3. The third kappa shape index (κ3) is 7.90. The Morgan fingerprint density at radius 3 is 2.26 bits per heavy atom. The number of aliphatic hydroxyl groups is 3. The number of hydrogen-bond acceptors (Lipinski definition) is 11. The van der Waals surface area contributed by atoms with Crippen molar-refractivity contribution in [2.45, 2.75) is 76.6 Å². The fraction of sp³-hybridized carbons (Fsp3) is 0.521. The molecule has 3 amide bonds. The van der Waals surface area contributed by atoms with Crippen molar-refractivity contribution in [3.8, 4) is 5.75 Å². The first-order valence-electron chi connectivity index (χ1n) is 21.9. The summed E-state index contributed by atoms with van der Waals surface area (Å²) in [5.41, 5.74) is 1.17. The molecular weight excluding hydrogens is 787 g/mol. The van der Waals surface area contributed by atoms with Crippen molar-refractivity contribution in [2.24, 2.45) is 15.8 Å². The molecule has 14 nitrogen and oxygen atoms in total. The summed E-state index contributed by atoms with van der Waals surface area (Å²) in [5, 5.41) is 42.0. The van der Waals surface area contributed by atoms with E-state index in [1.165, 1.54) is 16.3 Å². The smallest absolute Gasteiger partial charge is 0.407 e. The Labute approximate surface area is 364 Å². The number of likely N-dealkylation sites (N-methyl/N-ethyl adjacent to an activating group) is 1. The molecule has 3 atom stereocenters. The number of benzene rings is 4. The van der Waals surface area contributed by atoms with Gasteiger partial charge in [0.25, 0.3) is 0 Å². The number of nitrogens with zero attached hydrogens (tertiary/aromatic N) is 4. The number of amides is 3. The maximum absolute atomic E-state index is 13.0. The molecule has 8 rings (SSSR count). The molecule has 4 aromatic rings. The lowest BCUT2D eigenvalue weighted by molar-refractivity contribution is 0.0451. The molecule has 6 N–H and O–H groups in total. The number of urea groups is 1. The van der Waals surface area contributed by atoms with Gasteiger partial charge >= 0.3 is 12.1 Å². The Bertz CT molecular complexity index is 2350. The van der Waals surface area contributed by atoms with Gasteiger partial charge in [-0.1, -0.05) is 75.4 Å². The summed E-state index contributed by atoms with van der Waals surface area (Å²) in [4.78, 5) is 38.0. The number of piperazine rings is 1. The minimum Gasteiger partial charge on any atom is -0.459 e. The number of alkyl carbamates (subject to hydrolysis) is 1. The molecule has 4 aliphatic rings. The zero-order chi connectivity index (χ0) is 44.1. The second-order valence-electron chi connectivity index (χ2n) is 19.6. The molecule has 2 fully saturated rings. The van der Waals surface area contributed by atoms with Gasteiger partial charge < -0.3 is 50.5 Å². The predicted molar refractivity (Wildman–Crippen MR) is 244 cm³/mol. The van der Waals surface area contributed by atoms with Crippen LogP contribution in [0.5, 0.6) is 5.75 Å². The molecule has 4 aromatic carbocycles. The second kappa shape index (κ2) is 16.5. The summed E-state index contributed by atoms with van der Waals surface area (Å²) >= 11 is 0. The van der Waals surface area contributed by atoms with Crippen LogP contribution in [-0.4, -0.2) is 129 Å². The Morgan fingerprint density at radius 2 is 1.55 bits per heavy atom. The first-order chi connectivity index (χ1) is 29.6. The van der Waals surface area contributed by atoms with Gasteiger partial charge in [-0.25, -0.2) is 9.59 Å². The highest BCUT2D eigenvalue weighted by Crippen LogP contribution is 2.57. The number of aliphatic imine (C=N–C) groups is 1. The van der Waals surface area contributed by atoms with E-state index in [9.17, 15) is 24.9 Å². The molecule has 14 heteroatoms. The summed E-state index contributed by atoms with van der Waals surface area (Å²) in [7, 11) is 2.11. The van der Waals surface area contributed by atoms with E-state index in [2.05, 4.69) is 139 Å². The average molecular weight is 850 g/mol. The van der Waals surface area contributed by atoms with Crippen molar-refractivity contribution in [1.82, 2.24) is 20.9 Å². The van der Waals surface area contributed by atoms with Gasteiger partial charge in [0.15, 0.2) is 5.75 Å². The standard InChI is InChI=1S/C48H63N7O7/c1-44(2)24-33(51-42(59)52-47(29-56,30-57)31-58)25-46(5,26-44)27-50-43(60)61-22-21-54-17-19-55(20-18-54)38-23-39-41(36-14-10-9-13-35(36)38)49-28-48(62-39)45(3,4)40-34-12-8-7-11-32(34)15-16-37(40)53(48)6/h7-16,23,28,33,56-58H,17-22,24-27,29-31H2,1-6H3,(H,50,60)(H2,51,52,59). The van der Waals surface area contributed by atoms with Crippen LogP contribution in [0.2, 0.25) is 0 Å². The van der Waals surface area contributed by atoms with Gasteiger partial charge in [0.1, 0.15) is 17.8 Å². The van der Waals surface area contributed by atoms with Crippen molar-refractivity contribution < 1.29 is 34.4 Å². The average Bonchev–Trinajstić information content (AvgIpc) is 3.41. The molecule has 0 bridgehead atoms. The van der Waals surface area contributed by atoms with E-state index in [-0.39, 0.29) is 23.5 Å². The Hall–Kier alpha value is -5.15. The van der Waals surface area contributed by atoms with Crippen LogP contribution in [0.3, 0.4) is 0 Å². The lowest BCUT2D eigenvalue weighted by Gasteiger charge is -2.47. The number of ether oxygens (including phenoxy) is 2. The first-order valence-corrected chi connectivity index (χ1v) is 21.9. The zero-order valence-corrected chi connectivity index (χ0v) is 37.0. The normalized spacial score (nSPS) is 24.1. The van der Waals surface area contributed by atoms with Crippen LogP contribution >= 0.6 is 0 Å². The summed E-state index contributed by atoms with van der Waals surface area (Å²) in [6, 6.07) is 22.8. The molecule has 1 saturated carbocycles. The molecule has 62 heavy (non-hydrogen) atoms.